The van der Waals surface area contributed by atoms with Gasteiger partial charge in [0.25, 0.3) is 0 Å². The molecule has 0 aromatic carbocycles. The third kappa shape index (κ3) is 1.43. The quantitative estimate of drug-likeness (QED) is 0.662. The highest BCUT2D eigenvalue weighted by molar-refractivity contribution is 6.29. The van der Waals surface area contributed by atoms with Crippen LogP contribution < -0.4 is 0 Å². The summed E-state index contributed by atoms with van der Waals surface area (Å²) in [5, 5.41) is 16.3. The van der Waals surface area contributed by atoms with Crippen LogP contribution in [-0.2, 0) is 6.61 Å². The molecule has 1 aromatic heterocycles. The van der Waals surface area contributed by atoms with Gasteiger partial charge in [0, 0.05) is 5.56 Å². The predicted octanol–water partition coefficient (Wildman–Crippen LogP) is 0.931. The monoisotopic (exact) mass is 158 g/mol. The Labute approximate surface area is 63.7 Å². The Morgan fingerprint density at radius 1 is 1.60 bits per heavy atom. The standard InChI is InChI=1S/C6H7ClN2O/c1-4-5(3-10)2-6(7)9-8-4/h2,10H,3H2,1H3. The summed E-state index contributed by atoms with van der Waals surface area (Å²) in [5.41, 5.74) is 1.44. The van der Waals surface area contributed by atoms with E-state index in [1.54, 1.807) is 13.0 Å². The van der Waals surface area contributed by atoms with Gasteiger partial charge >= 0.3 is 0 Å². The summed E-state index contributed by atoms with van der Waals surface area (Å²) in [5.74, 6) is 0. The molecule has 0 aliphatic carbocycles. The largest absolute Gasteiger partial charge is 0.392 e. The van der Waals surface area contributed by atoms with Gasteiger partial charge in [-0.05, 0) is 13.0 Å². The van der Waals surface area contributed by atoms with Gasteiger partial charge in [-0.1, -0.05) is 11.6 Å². The molecule has 1 N–H and O–H groups in total. The second kappa shape index (κ2) is 2.94. The van der Waals surface area contributed by atoms with Crippen molar-refractivity contribution in [1.29, 1.82) is 0 Å². The molecule has 0 spiro atoms. The maximum absolute atomic E-state index is 8.72. The van der Waals surface area contributed by atoms with Crippen LogP contribution in [-0.4, -0.2) is 15.3 Å². The Kier molecular flexibility index (Phi) is 2.19. The number of hydrogen-bond donors (Lipinski definition) is 1. The van der Waals surface area contributed by atoms with E-state index < -0.39 is 0 Å². The molecule has 54 valence electrons. The fraction of sp³-hybridized carbons (Fsp3) is 0.333. The van der Waals surface area contributed by atoms with E-state index in [1.807, 2.05) is 0 Å². The van der Waals surface area contributed by atoms with E-state index in [9.17, 15) is 0 Å². The molecule has 1 heterocycles. The molecule has 0 saturated heterocycles. The van der Waals surface area contributed by atoms with Crippen LogP contribution in [0.2, 0.25) is 5.15 Å². The molecular formula is C6H7ClN2O. The van der Waals surface area contributed by atoms with E-state index in [0.717, 1.165) is 5.56 Å². The molecule has 4 heteroatoms. The molecule has 0 atom stereocenters. The summed E-state index contributed by atoms with van der Waals surface area (Å²) in [6, 6.07) is 1.60. The number of aryl methyl sites for hydroxylation is 1. The topological polar surface area (TPSA) is 46.0 Å². The molecule has 0 aliphatic rings. The highest BCUT2D eigenvalue weighted by Crippen LogP contribution is 2.08. The fourth-order valence-corrected chi connectivity index (χ4v) is 0.794. The van der Waals surface area contributed by atoms with Crippen LogP contribution in [0.3, 0.4) is 0 Å². The third-order valence-corrected chi connectivity index (χ3v) is 1.41. The molecule has 0 saturated carbocycles. The molecular weight excluding hydrogens is 152 g/mol. The first-order valence-corrected chi connectivity index (χ1v) is 3.21. The first-order chi connectivity index (χ1) is 4.74. The average Bonchev–Trinajstić information content (AvgIpc) is 1.94. The average molecular weight is 159 g/mol. The van der Waals surface area contributed by atoms with Gasteiger partial charge in [-0.15, -0.1) is 5.10 Å². The van der Waals surface area contributed by atoms with Crippen molar-refractivity contribution in [3.8, 4) is 0 Å². The van der Waals surface area contributed by atoms with Gasteiger partial charge in [0.1, 0.15) is 0 Å². The van der Waals surface area contributed by atoms with E-state index in [0.29, 0.717) is 10.8 Å². The summed E-state index contributed by atoms with van der Waals surface area (Å²) < 4.78 is 0. The normalized spacial score (nSPS) is 9.90. The van der Waals surface area contributed by atoms with Crippen molar-refractivity contribution in [1.82, 2.24) is 10.2 Å². The van der Waals surface area contributed by atoms with Crippen LogP contribution in [0.25, 0.3) is 0 Å². The highest BCUT2D eigenvalue weighted by Gasteiger charge is 1.98. The zero-order valence-electron chi connectivity index (χ0n) is 5.50. The Balaban J connectivity index is 3.09. The SMILES string of the molecule is Cc1nnc(Cl)cc1CO. The van der Waals surface area contributed by atoms with Crippen LogP contribution in [0.4, 0.5) is 0 Å². The number of rotatable bonds is 1. The maximum atomic E-state index is 8.72. The second-order valence-corrected chi connectivity index (χ2v) is 2.32. The molecule has 3 nitrogen and oxygen atoms in total. The van der Waals surface area contributed by atoms with Crippen molar-refractivity contribution < 1.29 is 5.11 Å². The van der Waals surface area contributed by atoms with Gasteiger partial charge in [-0.25, -0.2) is 0 Å². The fourth-order valence-electron chi connectivity index (χ4n) is 0.624. The van der Waals surface area contributed by atoms with E-state index in [2.05, 4.69) is 10.2 Å². The number of nitrogens with zero attached hydrogens (tertiary/aromatic N) is 2. The third-order valence-electron chi connectivity index (χ3n) is 1.22. The van der Waals surface area contributed by atoms with Gasteiger partial charge < -0.3 is 5.11 Å². The molecule has 1 rings (SSSR count). The minimum absolute atomic E-state index is 0.0406. The lowest BCUT2D eigenvalue weighted by Crippen LogP contribution is -1.94. The van der Waals surface area contributed by atoms with Gasteiger partial charge in [0.2, 0.25) is 0 Å². The number of halogens is 1. The second-order valence-electron chi connectivity index (χ2n) is 1.94. The van der Waals surface area contributed by atoms with Crippen molar-refractivity contribution in [3.05, 3.63) is 22.5 Å². The molecule has 0 radical (unpaired) electrons. The van der Waals surface area contributed by atoms with Gasteiger partial charge in [-0.2, -0.15) is 5.10 Å². The molecule has 0 aliphatic heterocycles. The first kappa shape index (κ1) is 7.44. The van der Waals surface area contributed by atoms with Crippen molar-refractivity contribution in [3.63, 3.8) is 0 Å². The van der Waals surface area contributed by atoms with Crippen LogP contribution >= 0.6 is 11.6 Å². The summed E-state index contributed by atoms with van der Waals surface area (Å²) in [7, 11) is 0. The smallest absolute Gasteiger partial charge is 0.152 e. The maximum Gasteiger partial charge on any atom is 0.152 e. The van der Waals surface area contributed by atoms with Crippen LogP contribution in [0.5, 0.6) is 0 Å². The molecule has 1 aromatic rings. The molecule has 0 unspecified atom stereocenters. The van der Waals surface area contributed by atoms with Crippen molar-refractivity contribution in [2.24, 2.45) is 0 Å². The van der Waals surface area contributed by atoms with E-state index in [-0.39, 0.29) is 6.61 Å². The van der Waals surface area contributed by atoms with Crippen molar-refractivity contribution in [2.75, 3.05) is 0 Å². The Hall–Kier alpha value is -0.670. The summed E-state index contributed by atoms with van der Waals surface area (Å²) in [6.07, 6.45) is 0. The lowest BCUT2D eigenvalue weighted by molar-refractivity contribution is 0.280. The van der Waals surface area contributed by atoms with Gasteiger partial charge in [0.15, 0.2) is 5.15 Å². The predicted molar refractivity (Wildman–Crippen MR) is 37.7 cm³/mol. The number of aromatic nitrogens is 2. The minimum atomic E-state index is -0.0406. The number of aliphatic hydroxyl groups excluding tert-OH is 1. The summed E-state index contributed by atoms with van der Waals surface area (Å²) >= 11 is 5.51. The van der Waals surface area contributed by atoms with Gasteiger partial charge in [0.05, 0.1) is 12.3 Å². The van der Waals surface area contributed by atoms with Crippen LogP contribution in [0.15, 0.2) is 6.07 Å². The number of aliphatic hydroxyl groups is 1. The van der Waals surface area contributed by atoms with E-state index in [4.69, 9.17) is 16.7 Å². The summed E-state index contributed by atoms with van der Waals surface area (Å²) in [6.45, 7) is 1.73. The molecule has 0 fully saturated rings. The van der Waals surface area contributed by atoms with Crippen LogP contribution in [0, 0.1) is 6.92 Å². The zero-order valence-corrected chi connectivity index (χ0v) is 6.26. The van der Waals surface area contributed by atoms with Crippen LogP contribution in [0.1, 0.15) is 11.3 Å². The highest BCUT2D eigenvalue weighted by atomic mass is 35.5. The Bertz CT molecular complexity index is 239. The summed E-state index contributed by atoms with van der Waals surface area (Å²) in [4.78, 5) is 0. The first-order valence-electron chi connectivity index (χ1n) is 2.83. The molecule has 0 amide bonds. The Morgan fingerprint density at radius 2 is 2.30 bits per heavy atom. The molecule has 10 heavy (non-hydrogen) atoms. The Morgan fingerprint density at radius 3 is 2.80 bits per heavy atom. The lowest BCUT2D eigenvalue weighted by Gasteiger charge is -1.98. The lowest BCUT2D eigenvalue weighted by atomic mass is 10.2. The van der Waals surface area contributed by atoms with E-state index >= 15 is 0 Å². The minimum Gasteiger partial charge on any atom is -0.392 e. The molecule has 0 bridgehead atoms. The zero-order chi connectivity index (χ0) is 7.56. The number of hydrogen-bond acceptors (Lipinski definition) is 3. The van der Waals surface area contributed by atoms with Crippen molar-refractivity contribution >= 4 is 11.6 Å². The van der Waals surface area contributed by atoms with E-state index in [1.165, 1.54) is 0 Å². The van der Waals surface area contributed by atoms with Gasteiger partial charge in [-0.3, -0.25) is 0 Å². The van der Waals surface area contributed by atoms with Crippen molar-refractivity contribution in [2.45, 2.75) is 13.5 Å².